The van der Waals surface area contributed by atoms with E-state index in [0.29, 0.717) is 11.8 Å². The predicted molar refractivity (Wildman–Crippen MR) is 74.0 cm³/mol. The van der Waals surface area contributed by atoms with Crippen LogP contribution in [0.25, 0.3) is 0 Å². The normalized spacial score (nSPS) is 14.9. The van der Waals surface area contributed by atoms with Gasteiger partial charge in [-0.25, -0.2) is 0 Å². The van der Waals surface area contributed by atoms with Crippen LogP contribution in [0.2, 0.25) is 0 Å². The van der Waals surface area contributed by atoms with Crippen molar-refractivity contribution in [3.8, 4) is 0 Å². The van der Waals surface area contributed by atoms with Crippen LogP contribution in [0.3, 0.4) is 0 Å². The SMILES string of the molecule is CC(C)C(CCCCc1ccccc1)C(C)O. The van der Waals surface area contributed by atoms with Gasteiger partial charge in [-0.2, -0.15) is 0 Å². The minimum Gasteiger partial charge on any atom is -0.393 e. The summed E-state index contributed by atoms with van der Waals surface area (Å²) in [5.41, 5.74) is 1.42. The fourth-order valence-corrected chi connectivity index (χ4v) is 2.49. The van der Waals surface area contributed by atoms with E-state index < -0.39 is 0 Å². The van der Waals surface area contributed by atoms with E-state index >= 15 is 0 Å². The highest BCUT2D eigenvalue weighted by atomic mass is 16.3. The molecule has 17 heavy (non-hydrogen) atoms. The molecule has 96 valence electrons. The molecule has 1 nitrogen and oxygen atoms in total. The van der Waals surface area contributed by atoms with E-state index in [2.05, 4.69) is 44.2 Å². The molecule has 0 spiro atoms. The van der Waals surface area contributed by atoms with E-state index in [0.717, 1.165) is 12.8 Å². The first-order chi connectivity index (χ1) is 8.11. The lowest BCUT2D eigenvalue weighted by Gasteiger charge is -2.23. The van der Waals surface area contributed by atoms with E-state index in [1.165, 1.54) is 18.4 Å². The second-order valence-corrected chi connectivity index (χ2v) is 5.38. The second kappa shape index (κ2) is 7.50. The molecule has 0 aliphatic rings. The third-order valence-electron chi connectivity index (χ3n) is 3.57. The summed E-state index contributed by atoms with van der Waals surface area (Å²) >= 11 is 0. The Morgan fingerprint density at radius 3 is 2.18 bits per heavy atom. The van der Waals surface area contributed by atoms with E-state index in [-0.39, 0.29) is 6.10 Å². The average Bonchev–Trinajstić information content (AvgIpc) is 2.29. The summed E-state index contributed by atoms with van der Waals surface area (Å²) in [5.74, 6) is 1.03. The number of aliphatic hydroxyl groups is 1. The number of hydrogen-bond donors (Lipinski definition) is 1. The van der Waals surface area contributed by atoms with Gasteiger partial charge in [-0.3, -0.25) is 0 Å². The zero-order valence-electron chi connectivity index (χ0n) is 11.4. The highest BCUT2D eigenvalue weighted by molar-refractivity contribution is 5.14. The molecular formula is C16H26O. The summed E-state index contributed by atoms with van der Waals surface area (Å²) in [5, 5.41) is 9.70. The van der Waals surface area contributed by atoms with Gasteiger partial charge in [0.05, 0.1) is 6.10 Å². The average molecular weight is 234 g/mol. The monoisotopic (exact) mass is 234 g/mol. The van der Waals surface area contributed by atoms with Gasteiger partial charge >= 0.3 is 0 Å². The number of benzene rings is 1. The lowest BCUT2D eigenvalue weighted by molar-refractivity contribution is 0.0902. The van der Waals surface area contributed by atoms with Gasteiger partial charge in [0, 0.05) is 0 Å². The first kappa shape index (κ1) is 14.2. The predicted octanol–water partition coefficient (Wildman–Crippen LogP) is 4.05. The smallest absolute Gasteiger partial charge is 0.0542 e. The minimum absolute atomic E-state index is 0.174. The van der Waals surface area contributed by atoms with E-state index in [4.69, 9.17) is 0 Å². The van der Waals surface area contributed by atoms with Gasteiger partial charge in [-0.15, -0.1) is 0 Å². The maximum absolute atomic E-state index is 9.70. The van der Waals surface area contributed by atoms with Crippen molar-refractivity contribution in [1.29, 1.82) is 0 Å². The Kier molecular flexibility index (Phi) is 6.28. The van der Waals surface area contributed by atoms with Gasteiger partial charge < -0.3 is 5.11 Å². The van der Waals surface area contributed by atoms with Crippen molar-refractivity contribution in [1.82, 2.24) is 0 Å². The lowest BCUT2D eigenvalue weighted by Crippen LogP contribution is -2.22. The molecule has 0 aliphatic carbocycles. The maximum Gasteiger partial charge on any atom is 0.0542 e. The summed E-state index contributed by atoms with van der Waals surface area (Å²) in [7, 11) is 0. The Labute approximate surface area is 106 Å². The van der Waals surface area contributed by atoms with Crippen molar-refractivity contribution in [3.63, 3.8) is 0 Å². The Morgan fingerprint density at radius 1 is 1.00 bits per heavy atom. The van der Waals surface area contributed by atoms with Gasteiger partial charge in [-0.05, 0) is 43.6 Å². The van der Waals surface area contributed by atoms with Gasteiger partial charge in [0.2, 0.25) is 0 Å². The van der Waals surface area contributed by atoms with Crippen molar-refractivity contribution >= 4 is 0 Å². The topological polar surface area (TPSA) is 20.2 Å². The molecule has 0 radical (unpaired) electrons. The molecule has 2 atom stereocenters. The van der Waals surface area contributed by atoms with Crippen molar-refractivity contribution in [3.05, 3.63) is 35.9 Å². The molecule has 0 bridgehead atoms. The van der Waals surface area contributed by atoms with Crippen molar-refractivity contribution in [2.45, 2.75) is 52.6 Å². The lowest BCUT2D eigenvalue weighted by atomic mass is 9.86. The van der Waals surface area contributed by atoms with Crippen LogP contribution in [-0.4, -0.2) is 11.2 Å². The standard InChI is InChI=1S/C16H26O/c1-13(2)16(14(3)17)12-8-7-11-15-9-5-4-6-10-15/h4-6,9-10,13-14,16-17H,7-8,11-12H2,1-3H3. The Hall–Kier alpha value is -0.820. The first-order valence-corrected chi connectivity index (χ1v) is 6.83. The molecule has 0 aromatic heterocycles. The highest BCUT2D eigenvalue weighted by Gasteiger charge is 2.17. The van der Waals surface area contributed by atoms with Crippen LogP contribution in [0.15, 0.2) is 30.3 Å². The molecular weight excluding hydrogens is 208 g/mol. The van der Waals surface area contributed by atoms with Crippen LogP contribution in [-0.2, 0) is 6.42 Å². The van der Waals surface area contributed by atoms with Gasteiger partial charge in [0.1, 0.15) is 0 Å². The summed E-state index contributed by atoms with van der Waals surface area (Å²) in [6.45, 7) is 6.32. The van der Waals surface area contributed by atoms with Gasteiger partial charge in [-0.1, -0.05) is 50.6 Å². The molecule has 0 aliphatic heterocycles. The number of hydrogen-bond acceptors (Lipinski definition) is 1. The molecule has 0 amide bonds. The summed E-state index contributed by atoms with van der Waals surface area (Å²) < 4.78 is 0. The molecule has 0 saturated heterocycles. The molecule has 0 heterocycles. The third kappa shape index (κ3) is 5.36. The molecule has 1 rings (SSSR count). The number of unbranched alkanes of at least 4 members (excludes halogenated alkanes) is 1. The fourth-order valence-electron chi connectivity index (χ4n) is 2.49. The van der Waals surface area contributed by atoms with Crippen LogP contribution < -0.4 is 0 Å². The molecule has 1 heteroatoms. The Bertz CT molecular complexity index is 282. The highest BCUT2D eigenvalue weighted by Crippen LogP contribution is 2.22. The van der Waals surface area contributed by atoms with E-state index in [1.54, 1.807) is 0 Å². The molecule has 0 saturated carbocycles. The van der Waals surface area contributed by atoms with Gasteiger partial charge in [0.25, 0.3) is 0 Å². The summed E-state index contributed by atoms with van der Waals surface area (Å²) in [6.07, 6.45) is 4.56. The second-order valence-electron chi connectivity index (χ2n) is 5.38. The minimum atomic E-state index is -0.174. The number of aryl methyl sites for hydroxylation is 1. The van der Waals surface area contributed by atoms with E-state index in [1.807, 2.05) is 6.92 Å². The third-order valence-corrected chi connectivity index (χ3v) is 3.57. The molecule has 1 aromatic rings. The quantitative estimate of drug-likeness (QED) is 0.706. The molecule has 0 fully saturated rings. The molecule has 2 unspecified atom stereocenters. The Balaban J connectivity index is 2.23. The summed E-state index contributed by atoms with van der Waals surface area (Å²) in [6, 6.07) is 10.6. The van der Waals surface area contributed by atoms with Crippen LogP contribution in [0.4, 0.5) is 0 Å². The van der Waals surface area contributed by atoms with Crippen LogP contribution in [0, 0.1) is 11.8 Å². The zero-order valence-corrected chi connectivity index (χ0v) is 11.4. The number of aliphatic hydroxyl groups excluding tert-OH is 1. The number of rotatable bonds is 7. The zero-order chi connectivity index (χ0) is 12.7. The first-order valence-electron chi connectivity index (χ1n) is 6.83. The van der Waals surface area contributed by atoms with Gasteiger partial charge in [0.15, 0.2) is 0 Å². The van der Waals surface area contributed by atoms with Crippen LogP contribution >= 0.6 is 0 Å². The van der Waals surface area contributed by atoms with E-state index in [9.17, 15) is 5.11 Å². The Morgan fingerprint density at radius 2 is 1.65 bits per heavy atom. The largest absolute Gasteiger partial charge is 0.393 e. The summed E-state index contributed by atoms with van der Waals surface area (Å²) in [4.78, 5) is 0. The van der Waals surface area contributed by atoms with Crippen LogP contribution in [0.1, 0.15) is 45.6 Å². The van der Waals surface area contributed by atoms with Crippen molar-refractivity contribution in [2.24, 2.45) is 11.8 Å². The van der Waals surface area contributed by atoms with Crippen LogP contribution in [0.5, 0.6) is 0 Å². The molecule has 1 aromatic carbocycles. The van der Waals surface area contributed by atoms with Crippen molar-refractivity contribution in [2.75, 3.05) is 0 Å². The maximum atomic E-state index is 9.70. The molecule has 1 N–H and O–H groups in total. The fraction of sp³-hybridized carbons (Fsp3) is 0.625. The van der Waals surface area contributed by atoms with Crippen molar-refractivity contribution < 1.29 is 5.11 Å².